The van der Waals surface area contributed by atoms with Gasteiger partial charge in [0.2, 0.25) is 0 Å². The maximum Gasteiger partial charge on any atom is 0.360 e. The topological polar surface area (TPSA) is 57.1 Å². The van der Waals surface area contributed by atoms with Gasteiger partial charge in [0.05, 0.1) is 12.1 Å². The first-order chi connectivity index (χ1) is 11.2. The largest absolute Gasteiger partial charge is 0.487 e. The molecule has 5 nitrogen and oxygen atoms in total. The Morgan fingerprint density at radius 1 is 1.09 bits per heavy atom. The smallest absolute Gasteiger partial charge is 0.360 e. The van der Waals surface area contributed by atoms with Gasteiger partial charge in [0.25, 0.3) is 0 Å². The molecule has 0 aliphatic carbocycles. The highest BCUT2D eigenvalue weighted by Crippen LogP contribution is 2.24. The minimum Gasteiger partial charge on any atom is -0.487 e. The van der Waals surface area contributed by atoms with E-state index in [4.69, 9.17) is 25.9 Å². The SMILES string of the molecule is CON=C(C(=O)OC)c1ccccc1COc1ccccc1Cl. The monoisotopic (exact) mass is 333 g/mol. The maximum absolute atomic E-state index is 11.9. The summed E-state index contributed by atoms with van der Waals surface area (Å²) in [4.78, 5) is 16.6. The van der Waals surface area contributed by atoms with Crippen molar-refractivity contribution >= 4 is 23.3 Å². The minimum absolute atomic E-state index is 0.0772. The number of nitrogens with zero attached hydrogens (tertiary/aromatic N) is 1. The number of rotatable bonds is 6. The van der Waals surface area contributed by atoms with E-state index in [-0.39, 0.29) is 12.3 Å². The van der Waals surface area contributed by atoms with Crippen LogP contribution in [0.3, 0.4) is 0 Å². The Morgan fingerprint density at radius 2 is 1.78 bits per heavy atom. The second-order valence-corrected chi connectivity index (χ2v) is 4.90. The molecule has 2 rings (SSSR count). The van der Waals surface area contributed by atoms with E-state index in [9.17, 15) is 4.79 Å². The van der Waals surface area contributed by atoms with Gasteiger partial charge in [0.1, 0.15) is 19.5 Å². The number of halogens is 1. The Bertz CT molecular complexity index is 715. The molecule has 0 saturated carbocycles. The number of para-hydroxylation sites is 1. The summed E-state index contributed by atoms with van der Waals surface area (Å²) < 4.78 is 10.5. The Morgan fingerprint density at radius 3 is 2.48 bits per heavy atom. The van der Waals surface area contributed by atoms with E-state index in [1.165, 1.54) is 14.2 Å². The van der Waals surface area contributed by atoms with Gasteiger partial charge >= 0.3 is 5.97 Å². The quantitative estimate of drug-likeness (QED) is 0.461. The van der Waals surface area contributed by atoms with Crippen molar-refractivity contribution in [3.05, 3.63) is 64.7 Å². The Hall–Kier alpha value is -2.53. The summed E-state index contributed by atoms with van der Waals surface area (Å²) in [6.45, 7) is 0.222. The molecule has 23 heavy (non-hydrogen) atoms. The van der Waals surface area contributed by atoms with Crippen LogP contribution in [0, 0.1) is 0 Å². The van der Waals surface area contributed by atoms with Crippen LogP contribution in [0.15, 0.2) is 53.7 Å². The van der Waals surface area contributed by atoms with E-state index in [2.05, 4.69) is 5.16 Å². The Labute approximate surface area is 139 Å². The predicted molar refractivity (Wildman–Crippen MR) is 87.8 cm³/mol. The molecule has 0 aliphatic heterocycles. The van der Waals surface area contributed by atoms with E-state index in [1.54, 1.807) is 24.3 Å². The van der Waals surface area contributed by atoms with E-state index < -0.39 is 5.97 Å². The first-order valence-corrected chi connectivity index (χ1v) is 7.20. The van der Waals surface area contributed by atoms with Gasteiger partial charge in [0, 0.05) is 5.56 Å². The van der Waals surface area contributed by atoms with Crippen LogP contribution in [-0.4, -0.2) is 25.9 Å². The molecule has 120 valence electrons. The predicted octanol–water partition coefficient (Wildman–Crippen LogP) is 3.44. The fraction of sp³-hybridized carbons (Fsp3) is 0.176. The standard InChI is InChI=1S/C17H16ClNO4/c1-21-17(20)16(19-22-2)13-8-4-3-7-12(13)11-23-15-10-6-5-9-14(15)18/h3-10H,11H2,1-2H3. The van der Waals surface area contributed by atoms with E-state index in [1.807, 2.05) is 24.3 Å². The average Bonchev–Trinajstić information content (AvgIpc) is 2.59. The second kappa shape index (κ2) is 8.19. The van der Waals surface area contributed by atoms with Crippen molar-refractivity contribution < 1.29 is 19.1 Å². The number of esters is 1. The van der Waals surface area contributed by atoms with Gasteiger partial charge in [-0.05, 0) is 17.7 Å². The molecule has 0 unspecified atom stereocenters. The van der Waals surface area contributed by atoms with Crippen molar-refractivity contribution in [1.29, 1.82) is 0 Å². The number of benzene rings is 2. The fourth-order valence-corrected chi connectivity index (χ4v) is 2.17. The molecule has 0 N–H and O–H groups in total. The van der Waals surface area contributed by atoms with Crippen LogP contribution in [0.1, 0.15) is 11.1 Å². The zero-order valence-corrected chi connectivity index (χ0v) is 13.5. The summed E-state index contributed by atoms with van der Waals surface area (Å²) in [6, 6.07) is 14.4. The van der Waals surface area contributed by atoms with Crippen LogP contribution in [0.4, 0.5) is 0 Å². The highest BCUT2D eigenvalue weighted by atomic mass is 35.5. The third-order valence-corrected chi connectivity index (χ3v) is 3.37. The average molecular weight is 334 g/mol. The van der Waals surface area contributed by atoms with Gasteiger partial charge < -0.3 is 14.3 Å². The molecular formula is C17H16ClNO4. The molecule has 0 saturated heterocycles. The van der Waals surface area contributed by atoms with E-state index in [0.29, 0.717) is 16.3 Å². The van der Waals surface area contributed by atoms with Crippen LogP contribution in [0.5, 0.6) is 5.75 Å². The first-order valence-electron chi connectivity index (χ1n) is 6.82. The van der Waals surface area contributed by atoms with Crippen molar-refractivity contribution in [1.82, 2.24) is 0 Å². The van der Waals surface area contributed by atoms with E-state index >= 15 is 0 Å². The van der Waals surface area contributed by atoms with Gasteiger partial charge in [-0.1, -0.05) is 53.2 Å². The molecule has 0 atom stereocenters. The van der Waals surface area contributed by atoms with Crippen molar-refractivity contribution in [2.45, 2.75) is 6.61 Å². The molecule has 2 aromatic carbocycles. The van der Waals surface area contributed by atoms with Crippen LogP contribution in [0.2, 0.25) is 5.02 Å². The normalized spacial score (nSPS) is 11.0. The number of oxime groups is 1. The number of carbonyl (C=O) groups excluding carboxylic acids is 1. The molecule has 2 aromatic rings. The summed E-state index contributed by atoms with van der Waals surface area (Å²) in [7, 11) is 2.65. The highest BCUT2D eigenvalue weighted by Gasteiger charge is 2.19. The molecule has 0 fully saturated rings. The molecule has 0 radical (unpaired) electrons. The molecule has 0 spiro atoms. The van der Waals surface area contributed by atoms with Crippen LogP contribution in [-0.2, 0) is 21.0 Å². The van der Waals surface area contributed by atoms with Gasteiger partial charge in [-0.2, -0.15) is 0 Å². The van der Waals surface area contributed by atoms with Gasteiger partial charge in [-0.15, -0.1) is 0 Å². The number of hydrogen-bond acceptors (Lipinski definition) is 5. The third-order valence-electron chi connectivity index (χ3n) is 3.05. The van der Waals surface area contributed by atoms with Gasteiger partial charge in [0.15, 0.2) is 5.71 Å². The number of ether oxygens (including phenoxy) is 2. The molecule has 0 heterocycles. The van der Waals surface area contributed by atoms with Crippen molar-refractivity contribution in [2.24, 2.45) is 5.16 Å². The van der Waals surface area contributed by atoms with Gasteiger partial charge in [-0.25, -0.2) is 4.79 Å². The summed E-state index contributed by atoms with van der Waals surface area (Å²) in [6.07, 6.45) is 0. The van der Waals surface area contributed by atoms with Crippen molar-refractivity contribution in [3.63, 3.8) is 0 Å². The lowest BCUT2D eigenvalue weighted by Gasteiger charge is -2.12. The van der Waals surface area contributed by atoms with Crippen LogP contribution in [0.25, 0.3) is 0 Å². The first kappa shape index (κ1) is 16.8. The van der Waals surface area contributed by atoms with Gasteiger partial charge in [-0.3, -0.25) is 0 Å². The van der Waals surface area contributed by atoms with Crippen LogP contribution >= 0.6 is 11.6 Å². The fourth-order valence-electron chi connectivity index (χ4n) is 1.98. The number of hydrogen-bond donors (Lipinski definition) is 0. The molecule has 0 aliphatic rings. The molecule has 0 bridgehead atoms. The summed E-state index contributed by atoms with van der Waals surface area (Å²) >= 11 is 6.07. The number of methoxy groups -OCH3 is 1. The van der Waals surface area contributed by atoms with E-state index in [0.717, 1.165) is 5.56 Å². The Kier molecular flexibility index (Phi) is 6.00. The second-order valence-electron chi connectivity index (χ2n) is 4.49. The maximum atomic E-state index is 11.9. The number of carbonyl (C=O) groups is 1. The third kappa shape index (κ3) is 4.23. The highest BCUT2D eigenvalue weighted by molar-refractivity contribution is 6.43. The lowest BCUT2D eigenvalue weighted by Crippen LogP contribution is -2.19. The molecule has 6 heteroatoms. The summed E-state index contributed by atoms with van der Waals surface area (Å²) in [5.41, 5.74) is 1.41. The summed E-state index contributed by atoms with van der Waals surface area (Å²) in [5.74, 6) is -0.0238. The summed E-state index contributed by atoms with van der Waals surface area (Å²) in [5, 5.41) is 4.28. The lowest BCUT2D eigenvalue weighted by atomic mass is 10.0. The van der Waals surface area contributed by atoms with Crippen molar-refractivity contribution in [3.8, 4) is 5.75 Å². The van der Waals surface area contributed by atoms with Crippen molar-refractivity contribution in [2.75, 3.05) is 14.2 Å². The molecule has 0 aromatic heterocycles. The molecular weight excluding hydrogens is 318 g/mol. The zero-order chi connectivity index (χ0) is 16.7. The Balaban J connectivity index is 2.28. The minimum atomic E-state index is -0.586. The molecule has 0 amide bonds. The zero-order valence-electron chi connectivity index (χ0n) is 12.8. The lowest BCUT2D eigenvalue weighted by molar-refractivity contribution is -0.132. The van der Waals surface area contributed by atoms with Crippen LogP contribution < -0.4 is 4.74 Å².